The molecule has 1 saturated carbocycles. The van der Waals surface area contributed by atoms with Crippen LogP contribution in [0.15, 0.2) is 33.6 Å². The second-order valence-electron chi connectivity index (χ2n) is 10.9. The summed E-state index contributed by atoms with van der Waals surface area (Å²) in [6, 6.07) is 6.68. The molecule has 1 aliphatic carbocycles. The Balaban J connectivity index is 1.32. The van der Waals surface area contributed by atoms with Crippen molar-refractivity contribution in [3.8, 4) is 23.0 Å². The number of hydrogen-bond donors (Lipinski definition) is 0. The summed E-state index contributed by atoms with van der Waals surface area (Å²) in [4.78, 5) is 13.2. The van der Waals surface area contributed by atoms with Crippen molar-refractivity contribution in [1.29, 1.82) is 0 Å². The number of piperidine rings is 2. The second kappa shape index (κ2) is 8.96. The average Bonchev–Trinajstić information content (AvgIpc) is 3.43. The minimum atomic E-state index is -3.40. The van der Waals surface area contributed by atoms with Crippen LogP contribution in [0, 0.1) is 12.3 Å². The maximum absolute atomic E-state index is 13.6. The standard InChI is InChI=1S/C26H30F2N6O3S/c1-17-15-20(30-24(29-17)34-13-9-26(27,28)10-14-34)23-32-31-22(37-23)19-4-3-18(38(2,35)36)16-21(19)33-11-7-25(5-6-25)8-12-33/h3-4,15-16H,5-14H2,1-2H3. The quantitative estimate of drug-likeness (QED) is 0.458. The topological polar surface area (TPSA) is 105 Å². The fraction of sp³-hybridized carbons (Fsp3) is 0.538. The maximum Gasteiger partial charge on any atom is 0.266 e. The van der Waals surface area contributed by atoms with Gasteiger partial charge in [-0.2, -0.15) is 0 Å². The van der Waals surface area contributed by atoms with E-state index in [1.54, 1.807) is 36.1 Å². The van der Waals surface area contributed by atoms with E-state index in [0.717, 1.165) is 31.6 Å². The number of rotatable bonds is 5. The third-order valence-corrected chi connectivity index (χ3v) is 9.12. The lowest BCUT2D eigenvalue weighted by Crippen LogP contribution is -2.40. The summed E-state index contributed by atoms with van der Waals surface area (Å²) >= 11 is 0. The molecule has 1 aromatic carbocycles. The van der Waals surface area contributed by atoms with E-state index in [-0.39, 0.29) is 42.6 Å². The van der Waals surface area contributed by atoms with Gasteiger partial charge in [-0.25, -0.2) is 27.2 Å². The SMILES string of the molecule is Cc1cc(-c2nnc(-c3ccc(S(C)(=O)=O)cc3N3CCC4(CC3)CC4)o2)nc(N2CCC(F)(F)CC2)n1. The molecule has 0 unspecified atom stereocenters. The number of nitrogens with zero attached hydrogens (tertiary/aromatic N) is 6. The first kappa shape index (κ1) is 25.1. The number of aromatic nitrogens is 4. The number of hydrogen-bond acceptors (Lipinski definition) is 9. The van der Waals surface area contributed by atoms with E-state index in [9.17, 15) is 17.2 Å². The van der Waals surface area contributed by atoms with E-state index in [2.05, 4.69) is 25.1 Å². The molecule has 0 N–H and O–H groups in total. The molecule has 4 heterocycles. The van der Waals surface area contributed by atoms with Crippen LogP contribution in [0.3, 0.4) is 0 Å². The van der Waals surface area contributed by atoms with Crippen molar-refractivity contribution in [3.63, 3.8) is 0 Å². The molecule has 2 aromatic heterocycles. The predicted octanol–water partition coefficient (Wildman–Crippen LogP) is 4.52. The van der Waals surface area contributed by atoms with Crippen LogP contribution in [-0.2, 0) is 9.84 Å². The van der Waals surface area contributed by atoms with E-state index < -0.39 is 15.8 Å². The van der Waals surface area contributed by atoms with Gasteiger partial charge in [-0.3, -0.25) is 0 Å². The van der Waals surface area contributed by atoms with Crippen LogP contribution in [-0.4, -0.2) is 66.9 Å². The van der Waals surface area contributed by atoms with Gasteiger partial charge >= 0.3 is 0 Å². The Kier molecular flexibility index (Phi) is 5.93. The molecule has 3 aliphatic rings. The third-order valence-electron chi connectivity index (χ3n) is 8.01. The predicted molar refractivity (Wildman–Crippen MR) is 138 cm³/mol. The van der Waals surface area contributed by atoms with Crippen molar-refractivity contribution in [2.24, 2.45) is 5.41 Å². The molecule has 2 aliphatic heterocycles. The van der Waals surface area contributed by atoms with Crippen LogP contribution in [0.25, 0.3) is 23.0 Å². The Morgan fingerprint density at radius 1 is 0.868 bits per heavy atom. The third kappa shape index (κ3) is 4.97. The number of anilines is 2. The fourth-order valence-electron chi connectivity index (χ4n) is 5.36. The summed E-state index contributed by atoms with van der Waals surface area (Å²) in [6.45, 7) is 3.81. The monoisotopic (exact) mass is 544 g/mol. The number of benzene rings is 1. The van der Waals surface area contributed by atoms with Crippen molar-refractivity contribution >= 4 is 21.5 Å². The molecule has 2 saturated heterocycles. The molecule has 12 heteroatoms. The molecule has 202 valence electrons. The first-order valence-corrected chi connectivity index (χ1v) is 14.8. The van der Waals surface area contributed by atoms with Crippen LogP contribution in [0.5, 0.6) is 0 Å². The van der Waals surface area contributed by atoms with E-state index in [1.165, 1.54) is 19.1 Å². The van der Waals surface area contributed by atoms with Gasteiger partial charge in [-0.15, -0.1) is 10.2 Å². The smallest absolute Gasteiger partial charge is 0.266 e. The largest absolute Gasteiger partial charge is 0.415 e. The van der Waals surface area contributed by atoms with E-state index >= 15 is 0 Å². The van der Waals surface area contributed by atoms with Crippen LogP contribution in [0.4, 0.5) is 20.4 Å². The zero-order valence-corrected chi connectivity index (χ0v) is 22.3. The van der Waals surface area contributed by atoms with Crippen LogP contribution >= 0.6 is 0 Å². The highest BCUT2D eigenvalue weighted by Crippen LogP contribution is 2.54. The van der Waals surface area contributed by atoms with Gasteiger partial charge in [0.25, 0.3) is 11.8 Å². The van der Waals surface area contributed by atoms with Crippen LogP contribution in [0.1, 0.15) is 44.2 Å². The van der Waals surface area contributed by atoms with Crippen molar-refractivity contribution in [1.82, 2.24) is 20.2 Å². The summed E-state index contributed by atoms with van der Waals surface area (Å²) in [7, 11) is -3.40. The zero-order chi connectivity index (χ0) is 26.7. The van der Waals surface area contributed by atoms with Crippen molar-refractivity contribution in [2.75, 3.05) is 42.2 Å². The number of halogens is 2. The summed E-state index contributed by atoms with van der Waals surface area (Å²) in [5.74, 6) is -1.86. The average molecular weight is 545 g/mol. The molecule has 6 rings (SSSR count). The molecule has 1 spiro atoms. The molecular weight excluding hydrogens is 514 g/mol. The molecule has 0 radical (unpaired) electrons. The minimum Gasteiger partial charge on any atom is -0.415 e. The highest BCUT2D eigenvalue weighted by Gasteiger charge is 2.44. The molecule has 0 atom stereocenters. The first-order valence-electron chi connectivity index (χ1n) is 12.9. The Morgan fingerprint density at radius 3 is 2.18 bits per heavy atom. The normalized spacial score (nSPS) is 20.6. The first-order chi connectivity index (χ1) is 18.0. The van der Waals surface area contributed by atoms with Crippen LogP contribution < -0.4 is 9.80 Å². The van der Waals surface area contributed by atoms with E-state index in [1.807, 2.05) is 0 Å². The Morgan fingerprint density at radius 2 is 1.53 bits per heavy atom. The summed E-state index contributed by atoms with van der Waals surface area (Å²) in [5.41, 5.74) is 2.95. The lowest BCUT2D eigenvalue weighted by Gasteiger charge is -2.34. The Bertz CT molecular complexity index is 1470. The summed E-state index contributed by atoms with van der Waals surface area (Å²) in [6.07, 6.45) is 5.41. The molecular formula is C26H30F2N6O3S. The fourth-order valence-corrected chi connectivity index (χ4v) is 6.00. The zero-order valence-electron chi connectivity index (χ0n) is 21.5. The molecule has 38 heavy (non-hydrogen) atoms. The van der Waals surface area contributed by atoms with Gasteiger partial charge in [-0.1, -0.05) is 0 Å². The molecule has 0 bridgehead atoms. The summed E-state index contributed by atoms with van der Waals surface area (Å²) < 4.78 is 58.0. The maximum atomic E-state index is 13.6. The number of aryl methyl sites for hydroxylation is 1. The van der Waals surface area contributed by atoms with Gasteiger partial charge in [-0.05, 0) is 62.3 Å². The molecule has 3 fully saturated rings. The van der Waals surface area contributed by atoms with Gasteiger partial charge < -0.3 is 14.2 Å². The van der Waals surface area contributed by atoms with Gasteiger partial charge in [0.05, 0.1) is 16.1 Å². The van der Waals surface area contributed by atoms with Gasteiger partial charge in [0.1, 0.15) is 5.69 Å². The lowest BCUT2D eigenvalue weighted by atomic mass is 9.93. The Labute approximate surface area is 220 Å². The van der Waals surface area contributed by atoms with Gasteiger partial charge in [0.15, 0.2) is 9.84 Å². The van der Waals surface area contributed by atoms with Crippen molar-refractivity contribution in [2.45, 2.75) is 56.3 Å². The Hall–Kier alpha value is -3.15. The summed E-state index contributed by atoms with van der Waals surface area (Å²) in [5, 5.41) is 8.50. The molecule has 3 aromatic rings. The number of alkyl halides is 2. The lowest BCUT2D eigenvalue weighted by molar-refractivity contribution is -0.0222. The highest BCUT2D eigenvalue weighted by molar-refractivity contribution is 7.90. The van der Waals surface area contributed by atoms with E-state index in [4.69, 9.17) is 4.42 Å². The molecule has 0 amide bonds. The highest BCUT2D eigenvalue weighted by atomic mass is 32.2. The minimum absolute atomic E-state index is 0.165. The van der Waals surface area contributed by atoms with Gasteiger partial charge in [0.2, 0.25) is 11.8 Å². The van der Waals surface area contributed by atoms with Crippen LogP contribution in [0.2, 0.25) is 0 Å². The molecule has 9 nitrogen and oxygen atoms in total. The number of sulfone groups is 1. The van der Waals surface area contributed by atoms with Gasteiger partial charge in [0, 0.05) is 51.0 Å². The van der Waals surface area contributed by atoms with Crippen molar-refractivity contribution < 1.29 is 21.6 Å². The second-order valence-corrected chi connectivity index (χ2v) is 12.9. The van der Waals surface area contributed by atoms with E-state index in [0.29, 0.717) is 28.3 Å². The van der Waals surface area contributed by atoms with Crippen molar-refractivity contribution in [3.05, 3.63) is 30.0 Å².